The fourth-order valence-electron chi connectivity index (χ4n) is 1.58. The summed E-state index contributed by atoms with van der Waals surface area (Å²) in [7, 11) is 5.19. The average molecular weight is 357 g/mol. The molecule has 1 aromatic carbocycles. The van der Waals surface area contributed by atoms with Crippen LogP contribution >= 0.6 is 15.4 Å². The summed E-state index contributed by atoms with van der Waals surface area (Å²) in [5.74, 6) is 0. The van der Waals surface area contributed by atoms with Crippen LogP contribution in [0.15, 0.2) is 35.4 Å². The number of hydrazone groups is 1. The summed E-state index contributed by atoms with van der Waals surface area (Å²) in [6.07, 6.45) is 0. The molecule has 0 saturated carbocycles. The van der Waals surface area contributed by atoms with Gasteiger partial charge in [0.05, 0.1) is 0 Å². The molecule has 2 rings (SSSR count). The average Bonchev–Trinajstić information content (AvgIpc) is 2.60. The largest absolute Gasteiger partial charge is 0.413 e. The van der Waals surface area contributed by atoms with Crippen LogP contribution < -0.4 is 10.7 Å². The summed E-state index contributed by atoms with van der Waals surface area (Å²) in [4.78, 5) is 0. The van der Waals surface area contributed by atoms with Crippen molar-refractivity contribution in [1.82, 2.24) is 5.43 Å². The van der Waals surface area contributed by atoms with Gasteiger partial charge in [0.2, 0.25) is 0 Å². The van der Waals surface area contributed by atoms with Crippen LogP contribution in [0, 0.1) is 6.92 Å². The predicted molar refractivity (Wildman–Crippen MR) is 77.9 cm³/mol. The zero-order valence-corrected chi connectivity index (χ0v) is 15.2. The van der Waals surface area contributed by atoms with Gasteiger partial charge in [-0.2, -0.15) is 5.10 Å². The molecule has 1 aliphatic rings. The predicted octanol–water partition coefficient (Wildman–Crippen LogP) is 2.40. The van der Waals surface area contributed by atoms with Gasteiger partial charge < -0.3 is 21.6 Å². The number of nitrogens with one attached hydrogen (secondary N) is 1. The van der Waals surface area contributed by atoms with Crippen LogP contribution in [-0.4, -0.2) is 17.0 Å². The van der Waals surface area contributed by atoms with Crippen molar-refractivity contribution in [3.8, 4) is 0 Å². The first kappa shape index (κ1) is 15.8. The maximum absolute atomic E-state index is 4.24. The Hall–Kier alpha value is 0.744. The van der Waals surface area contributed by atoms with Gasteiger partial charge >= 0.3 is 0 Å². The van der Waals surface area contributed by atoms with Crippen LogP contribution in [0.1, 0.15) is 6.92 Å². The molecule has 0 amide bonds. The minimum absolute atomic E-state index is 0. The summed E-state index contributed by atoms with van der Waals surface area (Å²) in [5, 5.41) is 5.95. The first-order valence-electron chi connectivity index (χ1n) is 5.02. The monoisotopic (exact) mass is 357 g/mol. The fraction of sp³-hybridized carbons (Fsp3) is 0.273. The number of hydrogen-bond donors (Lipinski definition) is 1. The molecular weight excluding hydrogens is 343 g/mol. The zero-order valence-electron chi connectivity index (χ0n) is 9.63. The smallest absolute Gasteiger partial charge is 0.0172 e. The Morgan fingerprint density at radius 2 is 2.06 bits per heavy atom. The Labute approximate surface area is 133 Å². The van der Waals surface area contributed by atoms with Crippen LogP contribution in [0.25, 0.3) is 0 Å². The van der Waals surface area contributed by atoms with Crippen molar-refractivity contribution in [3.63, 3.8) is 0 Å². The fourth-order valence-corrected chi connectivity index (χ4v) is 7.20. The molecule has 1 N–H and O–H groups in total. The summed E-state index contributed by atoms with van der Waals surface area (Å²) in [6.45, 7) is 6.14. The molecule has 0 saturated heterocycles. The van der Waals surface area contributed by atoms with Gasteiger partial charge in [0, 0.05) is 38.4 Å². The molecule has 2 unspecified atom stereocenters. The van der Waals surface area contributed by atoms with Gasteiger partial charge in [-0.15, -0.1) is 0 Å². The van der Waals surface area contributed by atoms with Crippen LogP contribution in [0.2, 0.25) is 0 Å². The van der Waals surface area contributed by atoms with Gasteiger partial charge in [-0.3, -0.25) is 8.02 Å². The first-order valence-corrected chi connectivity index (χ1v) is 9.04. The van der Waals surface area contributed by atoms with E-state index in [1.54, 1.807) is 0 Å². The van der Waals surface area contributed by atoms with Crippen molar-refractivity contribution >= 4 is 35.6 Å². The van der Waals surface area contributed by atoms with Crippen molar-refractivity contribution in [1.29, 1.82) is 0 Å². The van der Waals surface area contributed by atoms with Gasteiger partial charge in [-0.05, 0) is 12.2 Å². The summed E-state index contributed by atoms with van der Waals surface area (Å²) in [5.41, 5.74) is 4.17. The van der Waals surface area contributed by atoms with E-state index in [1.165, 1.54) is 12.7 Å². The van der Waals surface area contributed by atoms with E-state index in [4.69, 9.17) is 0 Å². The standard InChI is InChI=1S/C11H14N2P2S.Y/c1-8-11(9(2)13-12-8)16(14)15-10-6-4-3-5-7-10;/h3-8,11-12,14H,1H2,2H3;/q-2;. The molecule has 1 radical (unpaired) electrons. The molecule has 2 nitrogen and oxygen atoms in total. The molecule has 1 heterocycles. The molecular formula is C11H14N2P2SY-2. The minimum atomic E-state index is 0. The van der Waals surface area contributed by atoms with Crippen molar-refractivity contribution in [2.24, 2.45) is 5.10 Å². The maximum Gasteiger partial charge on any atom is 0.0172 e. The van der Waals surface area contributed by atoms with E-state index in [2.05, 4.69) is 56.7 Å². The number of nitrogens with zero attached hydrogens (tertiary/aromatic N) is 1. The second-order valence-corrected chi connectivity index (χ2v) is 9.56. The van der Waals surface area contributed by atoms with E-state index in [0.29, 0.717) is 5.25 Å². The van der Waals surface area contributed by atoms with Gasteiger partial charge in [0.25, 0.3) is 0 Å². The molecule has 89 valence electrons. The summed E-state index contributed by atoms with van der Waals surface area (Å²) in [6, 6.07) is 10.7. The van der Waals surface area contributed by atoms with E-state index < -0.39 is 0 Å². The number of rotatable bonds is 2. The molecule has 0 fully saturated rings. The first-order chi connectivity index (χ1) is 7.68. The number of benzene rings is 1. The van der Waals surface area contributed by atoms with Gasteiger partial charge in [0.1, 0.15) is 0 Å². The van der Waals surface area contributed by atoms with E-state index in [1.807, 2.05) is 6.07 Å². The quantitative estimate of drug-likeness (QED) is 0.491. The minimum Gasteiger partial charge on any atom is -0.413 e. The van der Waals surface area contributed by atoms with E-state index in [0.717, 1.165) is 5.71 Å². The molecule has 2 atom stereocenters. The SMILES string of the molecule is [CH2-]C1NN=C(C)C1[S-](=P)=Pc1ccccc1.[Y]. The Kier molecular flexibility index (Phi) is 6.84. The molecule has 0 aliphatic carbocycles. The summed E-state index contributed by atoms with van der Waals surface area (Å²) >= 11 is 0. The van der Waals surface area contributed by atoms with E-state index in [-0.39, 0.29) is 48.0 Å². The van der Waals surface area contributed by atoms with Crippen LogP contribution in [0.5, 0.6) is 0 Å². The second-order valence-electron chi connectivity index (χ2n) is 3.65. The van der Waals surface area contributed by atoms with Crippen molar-refractivity contribution < 1.29 is 32.7 Å². The van der Waals surface area contributed by atoms with Crippen molar-refractivity contribution in [3.05, 3.63) is 37.3 Å². The van der Waals surface area contributed by atoms with Crippen molar-refractivity contribution in [2.75, 3.05) is 0 Å². The Morgan fingerprint density at radius 1 is 1.41 bits per heavy atom. The molecule has 0 bridgehead atoms. The van der Waals surface area contributed by atoms with Crippen LogP contribution in [0.3, 0.4) is 0 Å². The van der Waals surface area contributed by atoms with E-state index >= 15 is 0 Å². The summed E-state index contributed by atoms with van der Waals surface area (Å²) < 4.78 is 0. The zero-order chi connectivity index (χ0) is 11.5. The molecule has 1 aromatic rings. The second kappa shape index (κ2) is 7.36. The number of hydrogen-bond acceptors (Lipinski definition) is 3. The van der Waals surface area contributed by atoms with Gasteiger partial charge in [-0.1, -0.05) is 41.6 Å². The molecule has 1 aliphatic heterocycles. The molecule has 0 spiro atoms. The molecule has 6 heteroatoms. The van der Waals surface area contributed by atoms with Gasteiger partial charge in [-0.25, -0.2) is 7.36 Å². The maximum atomic E-state index is 4.24. The molecule has 0 aromatic heterocycles. The third-order valence-electron chi connectivity index (χ3n) is 2.38. The Bertz CT molecular complexity index is 484. The Morgan fingerprint density at radius 3 is 2.59 bits per heavy atom. The third kappa shape index (κ3) is 4.11. The third-order valence-corrected chi connectivity index (χ3v) is 7.73. The van der Waals surface area contributed by atoms with E-state index in [9.17, 15) is 0 Å². The Balaban J connectivity index is 0.00000144. The topological polar surface area (TPSA) is 24.4 Å². The van der Waals surface area contributed by atoms with Crippen molar-refractivity contribution in [2.45, 2.75) is 18.2 Å². The van der Waals surface area contributed by atoms with Gasteiger partial charge in [0.15, 0.2) is 0 Å². The molecule has 17 heavy (non-hydrogen) atoms. The van der Waals surface area contributed by atoms with Crippen LogP contribution in [0.4, 0.5) is 0 Å². The normalized spacial score (nSPS) is 24.7. The van der Waals surface area contributed by atoms with Crippen LogP contribution in [-0.2, 0) is 42.0 Å².